The summed E-state index contributed by atoms with van der Waals surface area (Å²) >= 11 is 0. The van der Waals surface area contributed by atoms with Crippen molar-refractivity contribution < 1.29 is 4.74 Å². The van der Waals surface area contributed by atoms with Gasteiger partial charge in [-0.05, 0) is 12.5 Å². The largest absolute Gasteiger partial charge is 0.496 e. The number of nitrogens with one attached hydrogen (secondary N) is 2. The number of para-hydroxylation sites is 1. The van der Waals surface area contributed by atoms with E-state index in [1.165, 1.54) is 0 Å². The number of rotatable bonds is 6. The van der Waals surface area contributed by atoms with Gasteiger partial charge in [0.15, 0.2) is 0 Å². The number of hydrogen-bond donors (Lipinski definition) is 3. The molecule has 18 heavy (non-hydrogen) atoms. The maximum Gasteiger partial charge on any atom is 0.206 e. The fraction of sp³-hybridized carbons (Fsp3) is 0.462. The van der Waals surface area contributed by atoms with E-state index in [2.05, 4.69) is 22.7 Å². The molecule has 1 aromatic rings. The van der Waals surface area contributed by atoms with Crippen molar-refractivity contribution in [2.75, 3.05) is 13.7 Å². The van der Waals surface area contributed by atoms with Gasteiger partial charge in [0, 0.05) is 12.1 Å². The minimum atomic E-state index is 0.530. The van der Waals surface area contributed by atoms with Gasteiger partial charge in [-0.1, -0.05) is 31.5 Å². The van der Waals surface area contributed by atoms with Crippen molar-refractivity contribution in [3.05, 3.63) is 29.8 Å². The molecule has 0 aromatic heterocycles. The normalized spacial score (nSPS) is 11.2. The molecule has 0 saturated carbocycles. The Morgan fingerprint density at radius 2 is 2.17 bits per heavy atom. The number of benzene rings is 1. The van der Waals surface area contributed by atoms with E-state index < -0.39 is 0 Å². The van der Waals surface area contributed by atoms with E-state index in [0.29, 0.717) is 12.5 Å². The molecule has 5 heteroatoms. The van der Waals surface area contributed by atoms with Gasteiger partial charge in [-0.2, -0.15) is 0 Å². The summed E-state index contributed by atoms with van der Waals surface area (Å²) in [4.78, 5) is 4.38. The third-order valence-electron chi connectivity index (χ3n) is 2.56. The molecule has 4 N–H and O–H groups in total. The van der Waals surface area contributed by atoms with Crippen molar-refractivity contribution in [2.24, 2.45) is 10.8 Å². The van der Waals surface area contributed by atoms with Gasteiger partial charge in [0.2, 0.25) is 5.96 Å². The van der Waals surface area contributed by atoms with Crippen molar-refractivity contribution in [2.45, 2.75) is 26.3 Å². The topological polar surface area (TPSA) is 71.7 Å². The number of aliphatic imine (C=N–C) groups is 1. The number of nitrogens with zero attached hydrogens (tertiary/aromatic N) is 1. The third kappa shape index (κ3) is 4.63. The first-order chi connectivity index (χ1) is 8.81. The molecular formula is C13H22N4O. The first-order valence-corrected chi connectivity index (χ1v) is 6.18. The number of hydrazine groups is 1. The smallest absolute Gasteiger partial charge is 0.206 e. The van der Waals surface area contributed by atoms with Crippen molar-refractivity contribution in [1.82, 2.24) is 10.7 Å². The predicted octanol–water partition coefficient (Wildman–Crippen LogP) is 1.40. The van der Waals surface area contributed by atoms with Gasteiger partial charge in [-0.3, -0.25) is 5.43 Å². The van der Waals surface area contributed by atoms with Crippen LogP contribution in [0.4, 0.5) is 0 Å². The monoisotopic (exact) mass is 250 g/mol. The molecule has 0 amide bonds. The van der Waals surface area contributed by atoms with Crippen LogP contribution < -0.4 is 21.3 Å². The van der Waals surface area contributed by atoms with Crippen LogP contribution in [0.1, 0.15) is 25.3 Å². The van der Waals surface area contributed by atoms with E-state index in [4.69, 9.17) is 10.6 Å². The molecular weight excluding hydrogens is 228 g/mol. The van der Waals surface area contributed by atoms with E-state index >= 15 is 0 Å². The van der Waals surface area contributed by atoms with Crippen LogP contribution in [0.25, 0.3) is 0 Å². The van der Waals surface area contributed by atoms with Gasteiger partial charge in [0.25, 0.3) is 0 Å². The number of methoxy groups -OCH3 is 1. The van der Waals surface area contributed by atoms with Crippen LogP contribution in [-0.4, -0.2) is 19.6 Å². The Kier molecular flexibility index (Phi) is 6.64. The first kappa shape index (κ1) is 14.3. The summed E-state index contributed by atoms with van der Waals surface area (Å²) in [7, 11) is 1.66. The predicted molar refractivity (Wildman–Crippen MR) is 74.4 cm³/mol. The minimum absolute atomic E-state index is 0.530. The molecule has 0 unspecified atom stereocenters. The zero-order chi connectivity index (χ0) is 13.2. The molecule has 0 heterocycles. The molecule has 0 aliphatic heterocycles. The summed E-state index contributed by atoms with van der Waals surface area (Å²) in [5.74, 6) is 6.86. The van der Waals surface area contributed by atoms with E-state index in [-0.39, 0.29) is 0 Å². The number of guanidine groups is 1. The van der Waals surface area contributed by atoms with Crippen LogP contribution in [-0.2, 0) is 6.54 Å². The number of hydrogen-bond acceptors (Lipinski definition) is 3. The summed E-state index contributed by atoms with van der Waals surface area (Å²) < 4.78 is 5.27. The SMILES string of the molecule is CCCCNC(=NCc1ccccc1OC)NN. The lowest BCUT2D eigenvalue weighted by Gasteiger charge is -2.09. The highest BCUT2D eigenvalue weighted by atomic mass is 16.5. The van der Waals surface area contributed by atoms with Crippen molar-refractivity contribution >= 4 is 5.96 Å². The van der Waals surface area contributed by atoms with E-state index in [1.807, 2.05) is 24.3 Å². The van der Waals surface area contributed by atoms with Crippen LogP contribution in [0, 0.1) is 0 Å². The molecule has 0 aliphatic rings. The Balaban J connectivity index is 2.59. The van der Waals surface area contributed by atoms with Crippen LogP contribution in [0.15, 0.2) is 29.3 Å². The van der Waals surface area contributed by atoms with Gasteiger partial charge in [0.05, 0.1) is 13.7 Å². The van der Waals surface area contributed by atoms with E-state index in [0.717, 1.165) is 30.7 Å². The van der Waals surface area contributed by atoms with Crippen molar-refractivity contribution in [1.29, 1.82) is 0 Å². The zero-order valence-corrected chi connectivity index (χ0v) is 11.1. The Labute approximate surface area is 108 Å². The highest BCUT2D eigenvalue weighted by Crippen LogP contribution is 2.17. The summed E-state index contributed by atoms with van der Waals surface area (Å²) in [6.07, 6.45) is 2.23. The highest BCUT2D eigenvalue weighted by molar-refractivity contribution is 5.79. The second kappa shape index (κ2) is 8.36. The second-order valence-corrected chi connectivity index (χ2v) is 3.90. The third-order valence-corrected chi connectivity index (χ3v) is 2.56. The quantitative estimate of drug-likeness (QED) is 0.235. The number of unbranched alkanes of at least 4 members (excludes halogenated alkanes) is 1. The Hall–Kier alpha value is -1.75. The lowest BCUT2D eigenvalue weighted by atomic mass is 10.2. The molecule has 1 rings (SSSR count). The van der Waals surface area contributed by atoms with Gasteiger partial charge in [-0.15, -0.1) is 0 Å². The highest BCUT2D eigenvalue weighted by Gasteiger charge is 2.01. The molecule has 1 aromatic carbocycles. The van der Waals surface area contributed by atoms with Crippen LogP contribution in [0.3, 0.4) is 0 Å². The minimum Gasteiger partial charge on any atom is -0.496 e. The molecule has 0 fully saturated rings. The molecule has 0 spiro atoms. The molecule has 0 aliphatic carbocycles. The maximum absolute atomic E-state index is 5.42. The second-order valence-electron chi connectivity index (χ2n) is 3.90. The zero-order valence-electron chi connectivity index (χ0n) is 11.1. The molecule has 0 radical (unpaired) electrons. The van der Waals surface area contributed by atoms with Gasteiger partial charge < -0.3 is 10.1 Å². The molecule has 5 nitrogen and oxygen atoms in total. The average Bonchev–Trinajstić information content (AvgIpc) is 2.43. The standard InChI is InChI=1S/C13H22N4O/c1-3-4-9-15-13(17-14)16-10-11-7-5-6-8-12(11)18-2/h5-8H,3-4,9-10,14H2,1-2H3,(H2,15,16,17). The van der Waals surface area contributed by atoms with Crippen molar-refractivity contribution in [3.63, 3.8) is 0 Å². The average molecular weight is 250 g/mol. The number of nitrogens with two attached hydrogens (primary N) is 1. The summed E-state index contributed by atoms with van der Waals surface area (Å²) in [6.45, 7) is 3.54. The first-order valence-electron chi connectivity index (χ1n) is 6.18. The molecule has 100 valence electrons. The van der Waals surface area contributed by atoms with Gasteiger partial charge >= 0.3 is 0 Å². The lowest BCUT2D eigenvalue weighted by Crippen LogP contribution is -2.41. The Morgan fingerprint density at radius 3 is 2.83 bits per heavy atom. The summed E-state index contributed by atoms with van der Waals surface area (Å²) in [6, 6.07) is 7.81. The van der Waals surface area contributed by atoms with Gasteiger partial charge in [-0.25, -0.2) is 10.8 Å². The maximum atomic E-state index is 5.42. The van der Waals surface area contributed by atoms with Crippen LogP contribution in [0.5, 0.6) is 5.75 Å². The molecule has 0 saturated heterocycles. The summed E-state index contributed by atoms with van der Waals surface area (Å²) in [5.41, 5.74) is 3.60. The lowest BCUT2D eigenvalue weighted by molar-refractivity contribution is 0.410. The van der Waals surface area contributed by atoms with Gasteiger partial charge in [0.1, 0.15) is 5.75 Å². The Morgan fingerprint density at radius 1 is 1.39 bits per heavy atom. The van der Waals surface area contributed by atoms with E-state index in [9.17, 15) is 0 Å². The fourth-order valence-corrected chi connectivity index (χ4v) is 1.53. The fourth-order valence-electron chi connectivity index (χ4n) is 1.53. The van der Waals surface area contributed by atoms with Crippen molar-refractivity contribution in [3.8, 4) is 5.75 Å². The molecule has 0 atom stereocenters. The number of ether oxygens (including phenoxy) is 1. The molecule has 0 bridgehead atoms. The van der Waals surface area contributed by atoms with E-state index in [1.54, 1.807) is 7.11 Å². The summed E-state index contributed by atoms with van der Waals surface area (Å²) in [5, 5.41) is 3.15. The van der Waals surface area contributed by atoms with Crippen LogP contribution in [0.2, 0.25) is 0 Å². The van der Waals surface area contributed by atoms with Crippen LogP contribution >= 0.6 is 0 Å². The Bertz CT molecular complexity index is 379.